The van der Waals surface area contributed by atoms with Crippen LogP contribution in [0.1, 0.15) is 23.3 Å². The molecule has 1 aliphatic rings. The Morgan fingerprint density at radius 2 is 2.25 bits per heavy atom. The first-order valence-electron chi connectivity index (χ1n) is 6.68. The van der Waals surface area contributed by atoms with E-state index in [1.807, 2.05) is 24.3 Å². The van der Waals surface area contributed by atoms with Crippen LogP contribution < -0.4 is 0 Å². The van der Waals surface area contributed by atoms with Crippen LogP contribution >= 0.6 is 11.6 Å². The molecule has 0 radical (unpaired) electrons. The highest BCUT2D eigenvalue weighted by molar-refractivity contribution is 6.34. The Kier molecular flexibility index (Phi) is 3.59. The highest BCUT2D eigenvalue weighted by Gasteiger charge is 2.29. The molecule has 2 heterocycles. The summed E-state index contributed by atoms with van der Waals surface area (Å²) in [5.74, 6) is -0.158. The number of benzene rings is 1. The standard InChI is InChI=1S/C15H15ClN2O2/c16-14-12-6-2-1-4-10(12)8-13(17-14)15(20)18-7-3-5-11(18)9-19/h1-2,4,6,8,11,19H,3,5,7,9H2/t11-/m1/s1. The first-order chi connectivity index (χ1) is 9.70. The average Bonchev–Trinajstić information content (AvgIpc) is 2.95. The number of halogens is 1. The molecular weight excluding hydrogens is 276 g/mol. The van der Waals surface area contributed by atoms with Crippen molar-refractivity contribution in [2.75, 3.05) is 13.2 Å². The molecule has 104 valence electrons. The molecule has 0 aliphatic carbocycles. The van der Waals surface area contributed by atoms with Crippen molar-refractivity contribution in [3.63, 3.8) is 0 Å². The van der Waals surface area contributed by atoms with E-state index in [1.54, 1.807) is 11.0 Å². The summed E-state index contributed by atoms with van der Waals surface area (Å²) < 4.78 is 0. The predicted molar refractivity (Wildman–Crippen MR) is 77.9 cm³/mol. The van der Waals surface area contributed by atoms with Gasteiger partial charge in [0.25, 0.3) is 5.91 Å². The zero-order valence-corrected chi connectivity index (χ0v) is 11.7. The van der Waals surface area contributed by atoms with Crippen molar-refractivity contribution >= 4 is 28.3 Å². The normalized spacial score (nSPS) is 18.7. The lowest BCUT2D eigenvalue weighted by atomic mass is 10.1. The Balaban J connectivity index is 1.99. The van der Waals surface area contributed by atoms with Gasteiger partial charge in [0.2, 0.25) is 0 Å². The van der Waals surface area contributed by atoms with Gasteiger partial charge in [-0.25, -0.2) is 4.98 Å². The highest BCUT2D eigenvalue weighted by atomic mass is 35.5. The number of likely N-dealkylation sites (tertiary alicyclic amines) is 1. The fraction of sp³-hybridized carbons (Fsp3) is 0.333. The molecule has 5 heteroatoms. The third-order valence-corrected chi connectivity index (χ3v) is 4.05. The molecule has 1 atom stereocenters. The average molecular weight is 291 g/mol. The smallest absolute Gasteiger partial charge is 0.272 e. The van der Waals surface area contributed by atoms with Crippen molar-refractivity contribution in [1.29, 1.82) is 0 Å². The lowest BCUT2D eigenvalue weighted by molar-refractivity contribution is 0.0672. The summed E-state index contributed by atoms with van der Waals surface area (Å²) in [5.41, 5.74) is 0.342. The first-order valence-corrected chi connectivity index (χ1v) is 7.05. The Hall–Kier alpha value is -1.65. The number of rotatable bonds is 2. The minimum Gasteiger partial charge on any atom is -0.394 e. The largest absolute Gasteiger partial charge is 0.394 e. The van der Waals surface area contributed by atoms with E-state index in [0.717, 1.165) is 23.6 Å². The van der Waals surface area contributed by atoms with Crippen LogP contribution in [0.4, 0.5) is 0 Å². The van der Waals surface area contributed by atoms with Crippen molar-refractivity contribution in [2.45, 2.75) is 18.9 Å². The minimum absolute atomic E-state index is 0.00689. The number of aromatic nitrogens is 1. The Morgan fingerprint density at radius 1 is 1.45 bits per heavy atom. The molecule has 20 heavy (non-hydrogen) atoms. The quantitative estimate of drug-likeness (QED) is 0.865. The van der Waals surface area contributed by atoms with Crippen LogP contribution in [-0.2, 0) is 0 Å². The van der Waals surface area contributed by atoms with Gasteiger partial charge in [0.05, 0.1) is 12.6 Å². The number of nitrogens with zero attached hydrogens (tertiary/aromatic N) is 2. The minimum atomic E-state index is -0.158. The van der Waals surface area contributed by atoms with Crippen molar-refractivity contribution in [2.24, 2.45) is 0 Å². The fourth-order valence-electron chi connectivity index (χ4n) is 2.71. The van der Waals surface area contributed by atoms with Crippen molar-refractivity contribution in [3.05, 3.63) is 41.2 Å². The van der Waals surface area contributed by atoms with Gasteiger partial charge in [-0.05, 0) is 24.3 Å². The summed E-state index contributed by atoms with van der Waals surface area (Å²) in [6, 6.07) is 9.24. The molecule has 1 aromatic heterocycles. The van der Waals surface area contributed by atoms with E-state index < -0.39 is 0 Å². The molecule has 1 N–H and O–H groups in total. The van der Waals surface area contributed by atoms with Gasteiger partial charge in [0.15, 0.2) is 0 Å². The monoisotopic (exact) mass is 290 g/mol. The zero-order valence-electron chi connectivity index (χ0n) is 10.9. The molecule has 1 aromatic carbocycles. The van der Waals surface area contributed by atoms with E-state index in [2.05, 4.69) is 4.98 Å². The molecule has 1 fully saturated rings. The van der Waals surface area contributed by atoms with Crippen LogP contribution in [0.2, 0.25) is 5.15 Å². The Labute approximate surface area is 122 Å². The topological polar surface area (TPSA) is 53.4 Å². The van der Waals surface area contributed by atoms with Crippen molar-refractivity contribution in [1.82, 2.24) is 9.88 Å². The van der Waals surface area contributed by atoms with E-state index in [4.69, 9.17) is 11.6 Å². The van der Waals surface area contributed by atoms with Gasteiger partial charge >= 0.3 is 0 Å². The number of carbonyl (C=O) groups excluding carboxylic acids is 1. The van der Waals surface area contributed by atoms with Crippen molar-refractivity contribution in [3.8, 4) is 0 Å². The van der Waals surface area contributed by atoms with E-state index in [9.17, 15) is 9.90 Å². The number of fused-ring (bicyclic) bond motifs is 1. The van der Waals surface area contributed by atoms with E-state index in [-0.39, 0.29) is 18.6 Å². The van der Waals surface area contributed by atoms with Crippen LogP contribution in [-0.4, -0.2) is 40.1 Å². The van der Waals surface area contributed by atoms with Gasteiger partial charge in [0.1, 0.15) is 10.8 Å². The van der Waals surface area contributed by atoms with Gasteiger partial charge < -0.3 is 10.0 Å². The summed E-state index contributed by atoms with van der Waals surface area (Å²) in [6.07, 6.45) is 1.75. The fourth-order valence-corrected chi connectivity index (χ4v) is 2.97. The molecule has 3 rings (SSSR count). The maximum Gasteiger partial charge on any atom is 0.272 e. The molecule has 0 bridgehead atoms. The first kappa shape index (κ1) is 13.3. The number of pyridine rings is 1. The van der Waals surface area contributed by atoms with Gasteiger partial charge in [-0.1, -0.05) is 35.9 Å². The van der Waals surface area contributed by atoms with Crippen LogP contribution in [0.25, 0.3) is 10.8 Å². The van der Waals surface area contributed by atoms with E-state index in [1.165, 1.54) is 0 Å². The molecule has 0 spiro atoms. The number of hydrogen-bond acceptors (Lipinski definition) is 3. The molecule has 1 aliphatic heterocycles. The molecule has 2 aromatic rings. The summed E-state index contributed by atoms with van der Waals surface area (Å²) in [6.45, 7) is 0.656. The highest BCUT2D eigenvalue weighted by Crippen LogP contribution is 2.25. The molecule has 4 nitrogen and oxygen atoms in total. The number of hydrogen-bond donors (Lipinski definition) is 1. The van der Waals surface area contributed by atoms with E-state index in [0.29, 0.717) is 17.4 Å². The van der Waals surface area contributed by atoms with Gasteiger partial charge in [-0.3, -0.25) is 4.79 Å². The van der Waals surface area contributed by atoms with Crippen LogP contribution in [0.15, 0.2) is 30.3 Å². The van der Waals surface area contributed by atoms with Crippen molar-refractivity contribution < 1.29 is 9.90 Å². The van der Waals surface area contributed by atoms with Gasteiger partial charge in [-0.2, -0.15) is 0 Å². The van der Waals surface area contributed by atoms with Gasteiger partial charge in [-0.15, -0.1) is 0 Å². The number of carbonyl (C=O) groups is 1. The third-order valence-electron chi connectivity index (χ3n) is 3.76. The lowest BCUT2D eigenvalue weighted by Crippen LogP contribution is -2.38. The molecule has 1 amide bonds. The van der Waals surface area contributed by atoms with Crippen LogP contribution in [0, 0.1) is 0 Å². The number of aliphatic hydroxyl groups excluding tert-OH is 1. The number of aliphatic hydroxyl groups is 1. The summed E-state index contributed by atoms with van der Waals surface area (Å²) in [5, 5.41) is 11.4. The lowest BCUT2D eigenvalue weighted by Gasteiger charge is -2.22. The summed E-state index contributed by atoms with van der Waals surface area (Å²) >= 11 is 6.15. The predicted octanol–water partition coefficient (Wildman–Crippen LogP) is 2.49. The third kappa shape index (κ3) is 2.25. The second-order valence-electron chi connectivity index (χ2n) is 5.00. The Morgan fingerprint density at radius 3 is 3.05 bits per heavy atom. The van der Waals surface area contributed by atoms with E-state index >= 15 is 0 Å². The van der Waals surface area contributed by atoms with Crippen LogP contribution in [0.5, 0.6) is 0 Å². The molecule has 0 unspecified atom stereocenters. The summed E-state index contributed by atoms with van der Waals surface area (Å²) in [4.78, 5) is 18.4. The maximum absolute atomic E-state index is 12.5. The Bertz CT molecular complexity index is 659. The summed E-state index contributed by atoms with van der Waals surface area (Å²) in [7, 11) is 0. The molecule has 1 saturated heterocycles. The second kappa shape index (κ2) is 5.38. The number of amides is 1. The zero-order chi connectivity index (χ0) is 14.1. The van der Waals surface area contributed by atoms with Gasteiger partial charge in [0, 0.05) is 11.9 Å². The second-order valence-corrected chi connectivity index (χ2v) is 5.35. The maximum atomic E-state index is 12.5. The van der Waals surface area contributed by atoms with Crippen LogP contribution in [0.3, 0.4) is 0 Å². The molecular formula is C15H15ClN2O2. The SMILES string of the molecule is O=C(c1cc2ccccc2c(Cl)n1)N1CCC[C@@H]1CO. The molecule has 0 saturated carbocycles.